The second kappa shape index (κ2) is 7.11. The van der Waals surface area contributed by atoms with E-state index in [0.717, 1.165) is 23.7 Å². The Balaban J connectivity index is 1.43. The van der Waals surface area contributed by atoms with Crippen LogP contribution in [-0.4, -0.2) is 33.4 Å². The molecular weight excluding hydrogens is 400 g/mol. The smallest absolute Gasteiger partial charge is 0.252 e. The Labute approximate surface area is 177 Å². The molecule has 0 saturated carbocycles. The lowest BCUT2D eigenvalue weighted by atomic mass is 9.95. The minimum Gasteiger partial charge on any atom is -0.335 e. The molecule has 1 N–H and O–H groups in total. The van der Waals surface area contributed by atoms with Crippen LogP contribution >= 0.6 is 0 Å². The quantitative estimate of drug-likeness (QED) is 0.702. The number of carbonyl (C=O) groups is 1. The van der Waals surface area contributed by atoms with Gasteiger partial charge in [0.05, 0.1) is 18.0 Å². The van der Waals surface area contributed by atoms with Crippen molar-refractivity contribution < 1.29 is 13.6 Å². The Bertz CT molecular complexity index is 1330. The van der Waals surface area contributed by atoms with Crippen LogP contribution in [0.1, 0.15) is 28.8 Å². The van der Waals surface area contributed by atoms with Gasteiger partial charge in [0, 0.05) is 35.3 Å². The Kier molecular flexibility index (Phi) is 4.50. The van der Waals surface area contributed by atoms with Crippen molar-refractivity contribution in [3.63, 3.8) is 0 Å². The lowest BCUT2D eigenvalue weighted by Gasteiger charge is -2.27. The van der Waals surface area contributed by atoms with E-state index >= 15 is 0 Å². The molecule has 31 heavy (non-hydrogen) atoms. The Morgan fingerprint density at radius 2 is 2.06 bits per heavy atom. The third-order valence-electron chi connectivity index (χ3n) is 6.48. The van der Waals surface area contributed by atoms with Gasteiger partial charge in [0.2, 0.25) is 5.91 Å². The molecule has 158 valence electrons. The summed E-state index contributed by atoms with van der Waals surface area (Å²) >= 11 is 0. The lowest BCUT2D eigenvalue weighted by molar-refractivity contribution is -0.130. The molecule has 3 aromatic rings. The van der Waals surface area contributed by atoms with Crippen molar-refractivity contribution in [2.24, 2.45) is 5.92 Å². The molecule has 2 atom stereocenters. The fourth-order valence-electron chi connectivity index (χ4n) is 4.94. The van der Waals surface area contributed by atoms with Crippen molar-refractivity contribution in [1.82, 2.24) is 14.9 Å². The van der Waals surface area contributed by atoms with Gasteiger partial charge in [-0.05, 0) is 61.2 Å². The molecule has 0 radical (unpaired) electrons. The van der Waals surface area contributed by atoms with E-state index in [-0.39, 0.29) is 40.8 Å². The standard InChI is InChI=1S/C24H21F2N3O2/c1-12-7-14(5-6-27-12)18-9-16-8-15(18)11-29(16)21(30)10-17-13(2)22-20(28-24(17)31)4-3-19(25)23(22)26/h3-7,9,15-16H,8,10-11H2,1-2H3,(H,28,31)/t15-,16-/m1/s1. The molecule has 1 aliphatic carbocycles. The molecule has 0 unspecified atom stereocenters. The summed E-state index contributed by atoms with van der Waals surface area (Å²) in [7, 11) is 0. The van der Waals surface area contributed by atoms with Crippen molar-refractivity contribution in [2.75, 3.05) is 6.54 Å². The topological polar surface area (TPSA) is 66.1 Å². The first-order valence-electron chi connectivity index (χ1n) is 10.3. The third kappa shape index (κ3) is 3.15. The van der Waals surface area contributed by atoms with Crippen molar-refractivity contribution in [1.29, 1.82) is 0 Å². The number of nitrogens with zero attached hydrogens (tertiary/aromatic N) is 2. The van der Waals surface area contributed by atoms with Crippen molar-refractivity contribution >= 4 is 22.4 Å². The molecule has 3 heterocycles. The second-order valence-electron chi connectivity index (χ2n) is 8.37. The van der Waals surface area contributed by atoms with Crippen LogP contribution in [0.4, 0.5) is 8.78 Å². The number of fused-ring (bicyclic) bond motifs is 3. The van der Waals surface area contributed by atoms with Crippen LogP contribution in [0.5, 0.6) is 0 Å². The summed E-state index contributed by atoms with van der Waals surface area (Å²) in [5.41, 5.74) is 3.57. The van der Waals surface area contributed by atoms with Crippen LogP contribution in [-0.2, 0) is 11.2 Å². The Hall–Kier alpha value is -3.35. The van der Waals surface area contributed by atoms with Gasteiger partial charge in [0.1, 0.15) is 0 Å². The SMILES string of the molecule is Cc1cc(C2=C[C@H]3C[C@@H]2CN3C(=O)Cc2c(C)c3c(F)c(F)ccc3[nH]c2=O)ccn1. The van der Waals surface area contributed by atoms with Gasteiger partial charge >= 0.3 is 0 Å². The number of pyridine rings is 2. The van der Waals surface area contributed by atoms with Crippen LogP contribution in [0, 0.1) is 31.4 Å². The van der Waals surface area contributed by atoms with Gasteiger partial charge in [-0.25, -0.2) is 8.78 Å². The highest BCUT2D eigenvalue weighted by molar-refractivity contribution is 5.87. The zero-order valence-corrected chi connectivity index (χ0v) is 17.2. The molecule has 1 amide bonds. The fraction of sp³-hybridized carbons (Fsp3) is 0.292. The minimum absolute atomic E-state index is 0.0144. The largest absolute Gasteiger partial charge is 0.335 e. The number of aromatic amines is 1. The number of hydrogen-bond donors (Lipinski definition) is 1. The monoisotopic (exact) mass is 421 g/mol. The molecule has 2 aromatic heterocycles. The molecule has 5 nitrogen and oxygen atoms in total. The number of amides is 1. The number of benzene rings is 1. The highest BCUT2D eigenvalue weighted by Gasteiger charge is 2.41. The Morgan fingerprint density at radius 1 is 1.26 bits per heavy atom. The molecule has 2 bridgehead atoms. The number of aromatic nitrogens is 2. The molecule has 1 fully saturated rings. The summed E-state index contributed by atoms with van der Waals surface area (Å²) in [5, 5.41) is 0.0144. The van der Waals surface area contributed by atoms with Gasteiger partial charge < -0.3 is 9.88 Å². The van der Waals surface area contributed by atoms with E-state index < -0.39 is 17.2 Å². The molecule has 7 heteroatoms. The predicted molar refractivity (Wildman–Crippen MR) is 113 cm³/mol. The first-order chi connectivity index (χ1) is 14.8. The van der Waals surface area contributed by atoms with E-state index in [1.54, 1.807) is 18.0 Å². The van der Waals surface area contributed by atoms with Crippen LogP contribution in [0.15, 0.2) is 41.3 Å². The van der Waals surface area contributed by atoms with Gasteiger partial charge in [-0.15, -0.1) is 0 Å². The zero-order valence-electron chi connectivity index (χ0n) is 17.2. The summed E-state index contributed by atoms with van der Waals surface area (Å²) in [6, 6.07) is 6.32. The zero-order chi connectivity index (χ0) is 21.9. The molecule has 2 aliphatic rings. The number of aryl methyl sites for hydroxylation is 2. The van der Waals surface area contributed by atoms with E-state index in [2.05, 4.69) is 16.0 Å². The summed E-state index contributed by atoms with van der Waals surface area (Å²) in [4.78, 5) is 34.2. The molecule has 0 spiro atoms. The van der Waals surface area contributed by atoms with Gasteiger partial charge in [-0.3, -0.25) is 14.6 Å². The summed E-state index contributed by atoms with van der Waals surface area (Å²) < 4.78 is 28.1. The van der Waals surface area contributed by atoms with E-state index in [9.17, 15) is 18.4 Å². The minimum atomic E-state index is -1.01. The van der Waals surface area contributed by atoms with Crippen LogP contribution in [0.3, 0.4) is 0 Å². The molecule has 1 saturated heterocycles. The number of halogens is 2. The number of hydrogen-bond acceptors (Lipinski definition) is 3. The van der Waals surface area contributed by atoms with Gasteiger partial charge in [-0.2, -0.15) is 0 Å². The van der Waals surface area contributed by atoms with E-state index in [1.807, 2.05) is 19.1 Å². The average Bonchev–Trinajstić information content (AvgIpc) is 3.35. The normalized spacial score (nSPS) is 19.9. The molecule has 5 rings (SSSR count). The molecular formula is C24H21F2N3O2. The lowest BCUT2D eigenvalue weighted by Crippen LogP contribution is -2.38. The van der Waals surface area contributed by atoms with E-state index in [4.69, 9.17) is 0 Å². The van der Waals surface area contributed by atoms with Gasteiger partial charge in [0.25, 0.3) is 5.56 Å². The highest BCUT2D eigenvalue weighted by Crippen LogP contribution is 2.42. The van der Waals surface area contributed by atoms with Crippen molar-refractivity contribution in [2.45, 2.75) is 32.7 Å². The number of rotatable bonds is 3. The van der Waals surface area contributed by atoms with Gasteiger partial charge in [-0.1, -0.05) is 6.08 Å². The van der Waals surface area contributed by atoms with Crippen LogP contribution in [0.25, 0.3) is 16.5 Å². The number of H-pyrrole nitrogens is 1. The number of likely N-dealkylation sites (tertiary alicyclic amines) is 1. The number of nitrogens with one attached hydrogen (secondary N) is 1. The summed E-state index contributed by atoms with van der Waals surface area (Å²) in [6.07, 6.45) is 4.62. The molecule has 1 aromatic carbocycles. The summed E-state index contributed by atoms with van der Waals surface area (Å²) in [5.74, 6) is -1.93. The average molecular weight is 421 g/mol. The second-order valence-corrected chi connectivity index (χ2v) is 8.37. The third-order valence-corrected chi connectivity index (χ3v) is 6.48. The first kappa shape index (κ1) is 19.6. The van der Waals surface area contributed by atoms with Crippen LogP contribution < -0.4 is 5.56 Å². The maximum absolute atomic E-state index is 14.4. The number of carbonyl (C=O) groups excluding carboxylic acids is 1. The summed E-state index contributed by atoms with van der Waals surface area (Å²) in [6.45, 7) is 4.10. The van der Waals surface area contributed by atoms with E-state index in [1.165, 1.54) is 11.6 Å². The van der Waals surface area contributed by atoms with Crippen molar-refractivity contribution in [3.05, 3.63) is 80.9 Å². The maximum atomic E-state index is 14.4. The highest BCUT2D eigenvalue weighted by atomic mass is 19.2. The maximum Gasteiger partial charge on any atom is 0.252 e. The Morgan fingerprint density at radius 3 is 2.77 bits per heavy atom. The first-order valence-corrected chi connectivity index (χ1v) is 10.3. The van der Waals surface area contributed by atoms with E-state index in [0.29, 0.717) is 12.1 Å². The van der Waals surface area contributed by atoms with Crippen molar-refractivity contribution in [3.8, 4) is 0 Å². The fourth-order valence-corrected chi connectivity index (χ4v) is 4.94. The van der Waals surface area contributed by atoms with Crippen LogP contribution in [0.2, 0.25) is 0 Å². The van der Waals surface area contributed by atoms with Gasteiger partial charge in [0.15, 0.2) is 11.6 Å². The molecule has 1 aliphatic heterocycles. The predicted octanol–water partition coefficient (Wildman–Crippen LogP) is 3.67.